The van der Waals surface area contributed by atoms with Gasteiger partial charge in [-0.15, -0.1) is 0 Å². The van der Waals surface area contributed by atoms with Crippen molar-refractivity contribution in [2.75, 3.05) is 0 Å². The van der Waals surface area contributed by atoms with Gasteiger partial charge in [-0.3, -0.25) is 14.5 Å². The van der Waals surface area contributed by atoms with Crippen LogP contribution in [-0.2, 0) is 6.54 Å². The molecule has 0 radical (unpaired) electrons. The van der Waals surface area contributed by atoms with Crippen LogP contribution >= 0.6 is 11.6 Å². The lowest BCUT2D eigenvalue weighted by Gasteiger charge is -2.06. The van der Waals surface area contributed by atoms with Gasteiger partial charge in [-0.2, -0.15) is 5.10 Å². The number of ketones is 1. The highest BCUT2D eigenvalue weighted by Gasteiger charge is 2.18. The van der Waals surface area contributed by atoms with Gasteiger partial charge >= 0.3 is 0 Å². The number of nitrogens with zero attached hydrogens (tertiary/aromatic N) is 3. The van der Waals surface area contributed by atoms with Crippen molar-refractivity contribution in [2.24, 2.45) is 0 Å². The number of carbonyl (C=O) groups is 1. The molecule has 0 atom stereocenters. The molecule has 0 aliphatic rings. The van der Waals surface area contributed by atoms with Gasteiger partial charge in [-0.05, 0) is 25.5 Å². The first-order chi connectivity index (χ1) is 8.63. The SMILES string of the molecule is CCCn1ncc(Cl)c1C(=O)c1ccc(C)nc1. The standard InChI is InChI=1S/C13H14ClN3O/c1-3-6-17-12(11(14)8-16-17)13(18)10-5-4-9(2)15-7-10/h4-5,7-8H,3,6H2,1-2H3. The number of pyridine rings is 1. The van der Waals surface area contributed by atoms with Gasteiger partial charge in [-0.1, -0.05) is 18.5 Å². The average molecular weight is 264 g/mol. The third kappa shape index (κ3) is 2.43. The lowest BCUT2D eigenvalue weighted by Crippen LogP contribution is -2.12. The molecule has 0 N–H and O–H groups in total. The molecule has 0 unspecified atom stereocenters. The molecule has 0 aliphatic carbocycles. The largest absolute Gasteiger partial charge is 0.287 e. The van der Waals surface area contributed by atoms with Gasteiger partial charge in [-0.25, -0.2) is 0 Å². The van der Waals surface area contributed by atoms with Crippen LogP contribution in [0, 0.1) is 6.92 Å². The van der Waals surface area contributed by atoms with E-state index < -0.39 is 0 Å². The van der Waals surface area contributed by atoms with Gasteiger partial charge in [0.15, 0.2) is 0 Å². The molecule has 0 bridgehead atoms. The highest BCUT2D eigenvalue weighted by Crippen LogP contribution is 2.19. The Labute approximate surface area is 111 Å². The second-order valence-corrected chi connectivity index (χ2v) is 4.49. The van der Waals surface area contributed by atoms with E-state index >= 15 is 0 Å². The summed E-state index contributed by atoms with van der Waals surface area (Å²) in [6, 6.07) is 3.56. The van der Waals surface area contributed by atoms with E-state index in [1.165, 1.54) is 6.20 Å². The average Bonchev–Trinajstić information content (AvgIpc) is 2.71. The molecule has 0 saturated carbocycles. The first kappa shape index (κ1) is 12.8. The number of halogens is 1. The zero-order chi connectivity index (χ0) is 13.1. The third-order valence-electron chi connectivity index (χ3n) is 2.62. The molecular weight excluding hydrogens is 250 g/mol. The van der Waals surface area contributed by atoms with E-state index in [0.717, 1.165) is 12.1 Å². The van der Waals surface area contributed by atoms with Gasteiger partial charge in [0.2, 0.25) is 5.78 Å². The molecule has 2 heterocycles. The fraction of sp³-hybridized carbons (Fsp3) is 0.308. The second-order valence-electron chi connectivity index (χ2n) is 4.08. The maximum absolute atomic E-state index is 12.3. The van der Waals surface area contributed by atoms with Crippen LogP contribution < -0.4 is 0 Å². The Kier molecular flexibility index (Phi) is 3.77. The maximum atomic E-state index is 12.3. The van der Waals surface area contributed by atoms with E-state index in [0.29, 0.717) is 22.8 Å². The summed E-state index contributed by atoms with van der Waals surface area (Å²) in [4.78, 5) is 16.5. The van der Waals surface area contributed by atoms with Crippen LogP contribution in [0.25, 0.3) is 0 Å². The van der Waals surface area contributed by atoms with Crippen LogP contribution in [0.3, 0.4) is 0 Å². The van der Waals surface area contributed by atoms with Crippen LogP contribution in [0.2, 0.25) is 5.02 Å². The molecule has 2 aromatic rings. The normalized spacial score (nSPS) is 10.6. The summed E-state index contributed by atoms with van der Waals surface area (Å²) in [5.74, 6) is -0.140. The zero-order valence-electron chi connectivity index (χ0n) is 10.4. The van der Waals surface area contributed by atoms with Crippen molar-refractivity contribution in [3.05, 3.63) is 46.5 Å². The Morgan fingerprint density at radius 3 is 2.78 bits per heavy atom. The number of aryl methyl sites for hydroxylation is 2. The zero-order valence-corrected chi connectivity index (χ0v) is 11.1. The topological polar surface area (TPSA) is 47.8 Å². The van der Waals surface area contributed by atoms with Gasteiger partial charge < -0.3 is 0 Å². The van der Waals surface area contributed by atoms with Crippen LogP contribution in [0.15, 0.2) is 24.5 Å². The monoisotopic (exact) mass is 263 g/mol. The van der Waals surface area contributed by atoms with E-state index in [1.54, 1.807) is 16.9 Å². The second kappa shape index (κ2) is 5.31. The van der Waals surface area contributed by atoms with E-state index in [2.05, 4.69) is 10.1 Å². The van der Waals surface area contributed by atoms with Crippen molar-refractivity contribution in [1.82, 2.24) is 14.8 Å². The van der Waals surface area contributed by atoms with Crippen molar-refractivity contribution in [3.63, 3.8) is 0 Å². The van der Waals surface area contributed by atoms with E-state index in [1.807, 2.05) is 19.9 Å². The Hall–Kier alpha value is -1.68. The molecule has 2 aromatic heterocycles. The minimum atomic E-state index is -0.140. The lowest BCUT2D eigenvalue weighted by atomic mass is 10.1. The molecule has 0 aromatic carbocycles. The third-order valence-corrected chi connectivity index (χ3v) is 2.90. The Morgan fingerprint density at radius 1 is 1.39 bits per heavy atom. The summed E-state index contributed by atoms with van der Waals surface area (Å²) in [5, 5.41) is 4.50. The van der Waals surface area contributed by atoms with Crippen LogP contribution in [0.1, 0.15) is 35.1 Å². The highest BCUT2D eigenvalue weighted by atomic mass is 35.5. The van der Waals surface area contributed by atoms with Crippen molar-refractivity contribution < 1.29 is 4.79 Å². The van der Waals surface area contributed by atoms with Crippen molar-refractivity contribution >= 4 is 17.4 Å². The minimum Gasteiger partial charge on any atom is -0.287 e. The summed E-state index contributed by atoms with van der Waals surface area (Å²) in [7, 11) is 0. The lowest BCUT2D eigenvalue weighted by molar-refractivity contribution is 0.102. The number of aromatic nitrogens is 3. The maximum Gasteiger partial charge on any atom is 0.214 e. The van der Waals surface area contributed by atoms with E-state index in [9.17, 15) is 4.79 Å². The summed E-state index contributed by atoms with van der Waals surface area (Å²) < 4.78 is 1.64. The molecule has 0 aliphatic heterocycles. The molecule has 18 heavy (non-hydrogen) atoms. The molecular formula is C13H14ClN3O. The van der Waals surface area contributed by atoms with Gasteiger partial charge in [0.1, 0.15) is 5.69 Å². The predicted octanol–water partition coefficient (Wildman–Crippen LogP) is 2.88. The number of hydrogen-bond acceptors (Lipinski definition) is 3. The first-order valence-electron chi connectivity index (χ1n) is 5.82. The molecule has 5 heteroatoms. The molecule has 2 rings (SSSR count). The van der Waals surface area contributed by atoms with Crippen LogP contribution in [0.5, 0.6) is 0 Å². The quantitative estimate of drug-likeness (QED) is 0.797. The summed E-state index contributed by atoms with van der Waals surface area (Å²) in [5.41, 5.74) is 1.84. The van der Waals surface area contributed by atoms with Gasteiger partial charge in [0.05, 0.1) is 11.2 Å². The number of carbonyl (C=O) groups excluding carboxylic acids is 1. The minimum absolute atomic E-state index is 0.140. The van der Waals surface area contributed by atoms with E-state index in [4.69, 9.17) is 11.6 Å². The summed E-state index contributed by atoms with van der Waals surface area (Å²) in [6.07, 6.45) is 3.97. The molecule has 0 saturated heterocycles. The van der Waals surface area contributed by atoms with Crippen molar-refractivity contribution in [2.45, 2.75) is 26.8 Å². The Bertz CT molecular complexity index is 560. The summed E-state index contributed by atoms with van der Waals surface area (Å²) >= 11 is 6.03. The molecule has 0 amide bonds. The number of hydrogen-bond donors (Lipinski definition) is 0. The van der Waals surface area contributed by atoms with Crippen LogP contribution in [0.4, 0.5) is 0 Å². The van der Waals surface area contributed by atoms with Crippen LogP contribution in [-0.4, -0.2) is 20.5 Å². The predicted molar refractivity (Wildman–Crippen MR) is 69.9 cm³/mol. The summed E-state index contributed by atoms with van der Waals surface area (Å²) in [6.45, 7) is 4.58. The van der Waals surface area contributed by atoms with Crippen molar-refractivity contribution in [1.29, 1.82) is 0 Å². The molecule has 94 valence electrons. The molecule has 4 nitrogen and oxygen atoms in total. The fourth-order valence-electron chi connectivity index (χ4n) is 1.71. The van der Waals surface area contributed by atoms with Crippen molar-refractivity contribution in [3.8, 4) is 0 Å². The first-order valence-corrected chi connectivity index (χ1v) is 6.20. The molecule has 0 fully saturated rings. The smallest absolute Gasteiger partial charge is 0.214 e. The number of rotatable bonds is 4. The Morgan fingerprint density at radius 2 is 2.17 bits per heavy atom. The van der Waals surface area contributed by atoms with Gasteiger partial charge in [0, 0.05) is 24.0 Å². The van der Waals surface area contributed by atoms with E-state index in [-0.39, 0.29) is 5.78 Å². The van der Waals surface area contributed by atoms with Gasteiger partial charge in [0.25, 0.3) is 0 Å². The highest BCUT2D eigenvalue weighted by molar-refractivity contribution is 6.34. The fourth-order valence-corrected chi connectivity index (χ4v) is 1.94. The Balaban J connectivity index is 2.39. The molecule has 0 spiro atoms.